The fraction of sp³-hybridized carbons (Fsp3) is 0.148. The minimum atomic E-state index is -0.517. The van der Waals surface area contributed by atoms with E-state index >= 15 is 0 Å². The van der Waals surface area contributed by atoms with E-state index in [0.717, 1.165) is 22.3 Å². The Bertz CT molecular complexity index is 1450. The Morgan fingerprint density at radius 3 is 2.37 bits per heavy atom. The Balaban J connectivity index is 1.66. The van der Waals surface area contributed by atoms with Crippen molar-refractivity contribution in [3.8, 4) is 11.4 Å². The lowest BCUT2D eigenvalue weighted by atomic mass is 9.92. The maximum Gasteiger partial charge on any atom is 0.326 e. The van der Waals surface area contributed by atoms with Crippen LogP contribution < -0.4 is 10.2 Å². The third-order valence-electron chi connectivity index (χ3n) is 6.19. The lowest BCUT2D eigenvalue weighted by Gasteiger charge is -2.35. The largest absolute Gasteiger partial charge is 0.334 e. The molecular weight excluding hydrogens is 467 g/mol. The van der Waals surface area contributed by atoms with Crippen molar-refractivity contribution in [1.82, 2.24) is 15.5 Å². The van der Waals surface area contributed by atoms with E-state index in [9.17, 15) is 9.18 Å². The SMILES string of the molecule is CC1=C(c2nc(-c3ccc(Cl)cc3)no2)C(c2ccc(C)c(C)c2)NC(=O)N1c1ccc(F)cc1. The standard InChI is InChI=1S/C27H22ClFN4O2/c1-15-4-5-19(14-16(15)2)24-23(26-31-25(32-35-26)18-6-8-20(28)9-7-18)17(3)33(27(34)30-24)22-12-10-21(29)11-13-22/h4-14,24H,1-3H3,(H,30,34). The summed E-state index contributed by atoms with van der Waals surface area (Å²) >= 11 is 6.01. The lowest BCUT2D eigenvalue weighted by Crippen LogP contribution is -2.46. The molecule has 1 aliphatic rings. The van der Waals surface area contributed by atoms with E-state index in [2.05, 4.69) is 15.5 Å². The number of benzene rings is 3. The molecule has 6 nitrogen and oxygen atoms in total. The summed E-state index contributed by atoms with van der Waals surface area (Å²) in [5.41, 5.74) is 5.67. The molecule has 0 saturated carbocycles. The molecule has 0 fully saturated rings. The first kappa shape index (κ1) is 22.8. The zero-order chi connectivity index (χ0) is 24.7. The first-order chi connectivity index (χ1) is 16.8. The van der Waals surface area contributed by atoms with E-state index < -0.39 is 6.04 Å². The normalized spacial score (nSPS) is 16.0. The molecule has 0 bridgehead atoms. The number of rotatable bonds is 4. The molecule has 8 heteroatoms. The molecule has 1 aromatic heterocycles. The van der Waals surface area contributed by atoms with Crippen molar-refractivity contribution in [2.24, 2.45) is 0 Å². The van der Waals surface area contributed by atoms with Gasteiger partial charge in [0.15, 0.2) is 0 Å². The quantitative estimate of drug-likeness (QED) is 0.341. The number of nitrogens with zero attached hydrogens (tertiary/aromatic N) is 3. The average Bonchev–Trinajstić information content (AvgIpc) is 3.32. The first-order valence-electron chi connectivity index (χ1n) is 11.1. The summed E-state index contributed by atoms with van der Waals surface area (Å²) in [5.74, 6) is 0.300. The Hall–Kier alpha value is -3.97. The van der Waals surface area contributed by atoms with E-state index in [1.807, 2.05) is 51.1 Å². The fourth-order valence-electron chi connectivity index (χ4n) is 4.16. The Kier molecular flexibility index (Phi) is 5.86. The highest BCUT2D eigenvalue weighted by molar-refractivity contribution is 6.30. The number of hydrogen-bond donors (Lipinski definition) is 1. The van der Waals surface area contributed by atoms with Gasteiger partial charge in [0.1, 0.15) is 5.82 Å². The summed E-state index contributed by atoms with van der Waals surface area (Å²) in [5, 5.41) is 7.85. The molecule has 2 heterocycles. The van der Waals surface area contributed by atoms with Crippen LogP contribution in [0.5, 0.6) is 0 Å². The Morgan fingerprint density at radius 1 is 0.971 bits per heavy atom. The number of halogens is 2. The van der Waals surface area contributed by atoms with Crippen molar-refractivity contribution in [3.05, 3.63) is 106 Å². The zero-order valence-electron chi connectivity index (χ0n) is 19.3. The number of nitrogens with one attached hydrogen (secondary N) is 1. The Labute approximate surface area is 207 Å². The van der Waals surface area contributed by atoms with Crippen molar-refractivity contribution in [2.45, 2.75) is 26.8 Å². The molecule has 0 aliphatic carbocycles. The van der Waals surface area contributed by atoms with E-state index in [4.69, 9.17) is 16.1 Å². The Morgan fingerprint density at radius 2 is 1.69 bits per heavy atom. The molecule has 1 aliphatic heterocycles. The van der Waals surface area contributed by atoms with E-state index in [1.54, 1.807) is 24.3 Å². The molecule has 0 spiro atoms. The van der Waals surface area contributed by atoms with Gasteiger partial charge in [-0.15, -0.1) is 0 Å². The molecule has 0 radical (unpaired) electrons. The van der Waals surface area contributed by atoms with Crippen LogP contribution in [-0.2, 0) is 0 Å². The highest BCUT2D eigenvalue weighted by atomic mass is 35.5. The summed E-state index contributed by atoms with van der Waals surface area (Å²) in [4.78, 5) is 19.4. The van der Waals surface area contributed by atoms with Crippen LogP contribution in [0, 0.1) is 19.7 Å². The second-order valence-electron chi connectivity index (χ2n) is 8.47. The highest BCUT2D eigenvalue weighted by Crippen LogP contribution is 2.39. The van der Waals surface area contributed by atoms with Gasteiger partial charge >= 0.3 is 6.03 Å². The molecule has 35 heavy (non-hydrogen) atoms. The van der Waals surface area contributed by atoms with Gasteiger partial charge in [0.2, 0.25) is 5.82 Å². The van der Waals surface area contributed by atoms with Gasteiger partial charge in [0.05, 0.1) is 17.3 Å². The third-order valence-corrected chi connectivity index (χ3v) is 6.44. The van der Waals surface area contributed by atoms with Crippen LogP contribution in [0.25, 0.3) is 17.0 Å². The molecule has 1 N–H and O–H groups in total. The number of aromatic nitrogens is 2. The number of urea groups is 1. The molecule has 1 atom stereocenters. The molecule has 176 valence electrons. The van der Waals surface area contributed by atoms with Crippen LogP contribution in [0.2, 0.25) is 5.02 Å². The van der Waals surface area contributed by atoms with Crippen molar-refractivity contribution < 1.29 is 13.7 Å². The van der Waals surface area contributed by atoms with Gasteiger partial charge in [-0.3, -0.25) is 4.90 Å². The van der Waals surface area contributed by atoms with Crippen LogP contribution in [0.4, 0.5) is 14.9 Å². The second-order valence-corrected chi connectivity index (χ2v) is 8.90. The predicted molar refractivity (Wildman–Crippen MR) is 133 cm³/mol. The summed E-state index contributed by atoms with van der Waals surface area (Å²) < 4.78 is 19.3. The number of allylic oxidation sites excluding steroid dienone is 1. The smallest absolute Gasteiger partial charge is 0.326 e. The second kappa shape index (κ2) is 9.00. The molecular formula is C27H22ClFN4O2. The number of carbonyl (C=O) groups excluding carboxylic acids is 1. The zero-order valence-corrected chi connectivity index (χ0v) is 20.1. The number of amides is 2. The predicted octanol–water partition coefficient (Wildman–Crippen LogP) is 6.85. The molecule has 0 saturated heterocycles. The van der Waals surface area contributed by atoms with Gasteiger partial charge in [-0.1, -0.05) is 35.0 Å². The topological polar surface area (TPSA) is 71.3 Å². The first-order valence-corrected chi connectivity index (χ1v) is 11.4. The van der Waals surface area contributed by atoms with Crippen molar-refractivity contribution in [3.63, 3.8) is 0 Å². The van der Waals surface area contributed by atoms with Crippen molar-refractivity contribution >= 4 is 28.9 Å². The molecule has 3 aromatic carbocycles. The van der Waals surface area contributed by atoms with Gasteiger partial charge < -0.3 is 9.84 Å². The average molecular weight is 489 g/mol. The summed E-state index contributed by atoms with van der Waals surface area (Å²) in [7, 11) is 0. The molecule has 2 amide bonds. The highest BCUT2D eigenvalue weighted by Gasteiger charge is 2.36. The number of carbonyl (C=O) groups is 1. The maximum absolute atomic E-state index is 13.6. The maximum atomic E-state index is 13.6. The monoisotopic (exact) mass is 488 g/mol. The summed E-state index contributed by atoms with van der Waals surface area (Å²) in [6.45, 7) is 5.88. The van der Waals surface area contributed by atoms with Gasteiger partial charge in [-0.25, -0.2) is 9.18 Å². The van der Waals surface area contributed by atoms with Gasteiger partial charge in [-0.2, -0.15) is 4.98 Å². The molecule has 1 unspecified atom stereocenters. The van der Waals surface area contributed by atoms with E-state index in [1.165, 1.54) is 17.0 Å². The van der Waals surface area contributed by atoms with Crippen molar-refractivity contribution in [1.29, 1.82) is 0 Å². The van der Waals surface area contributed by atoms with Crippen LogP contribution in [0.15, 0.2) is 77.0 Å². The van der Waals surface area contributed by atoms with Gasteiger partial charge in [0.25, 0.3) is 5.89 Å². The van der Waals surface area contributed by atoms with Crippen LogP contribution in [-0.4, -0.2) is 16.2 Å². The third kappa shape index (κ3) is 4.31. The summed E-state index contributed by atoms with van der Waals surface area (Å²) in [6.07, 6.45) is 0. The van der Waals surface area contributed by atoms with E-state index in [0.29, 0.717) is 27.8 Å². The van der Waals surface area contributed by atoms with Gasteiger partial charge in [-0.05, 0) is 86.0 Å². The lowest BCUT2D eigenvalue weighted by molar-refractivity contribution is 0.244. The molecule has 5 rings (SSSR count). The van der Waals surface area contributed by atoms with Gasteiger partial charge in [0, 0.05) is 16.3 Å². The number of anilines is 1. The minimum Gasteiger partial charge on any atom is -0.334 e. The van der Waals surface area contributed by atoms with Crippen LogP contribution >= 0.6 is 11.6 Å². The van der Waals surface area contributed by atoms with Crippen molar-refractivity contribution in [2.75, 3.05) is 4.90 Å². The van der Waals surface area contributed by atoms with Crippen LogP contribution in [0.3, 0.4) is 0 Å². The summed E-state index contributed by atoms with van der Waals surface area (Å²) in [6, 6.07) is 18.1. The minimum absolute atomic E-state index is 0.280. The number of aryl methyl sites for hydroxylation is 2. The fourth-order valence-corrected chi connectivity index (χ4v) is 4.29. The van der Waals surface area contributed by atoms with E-state index in [-0.39, 0.29) is 17.7 Å². The number of hydrogen-bond acceptors (Lipinski definition) is 4. The van der Waals surface area contributed by atoms with Crippen LogP contribution in [0.1, 0.15) is 35.5 Å². The molecule has 4 aromatic rings.